The smallest absolute Gasteiger partial charge is 0.240 e. The van der Waals surface area contributed by atoms with Crippen molar-refractivity contribution in [3.8, 4) is 5.69 Å². The minimum atomic E-state index is 0.534. The van der Waals surface area contributed by atoms with Gasteiger partial charge in [0.1, 0.15) is 0 Å². The van der Waals surface area contributed by atoms with Gasteiger partial charge in [0.05, 0.1) is 16.9 Å². The first kappa shape index (κ1) is 23.1. The molecule has 0 fully saturated rings. The van der Waals surface area contributed by atoms with Crippen molar-refractivity contribution in [1.29, 1.82) is 0 Å². The van der Waals surface area contributed by atoms with Crippen molar-refractivity contribution < 1.29 is 9.59 Å². The van der Waals surface area contributed by atoms with Gasteiger partial charge in [-0.15, -0.1) is 0 Å². The number of fused-ring (bicyclic) bond motifs is 3. The van der Waals surface area contributed by atoms with E-state index in [1.807, 2.05) is 24.3 Å². The van der Waals surface area contributed by atoms with Crippen LogP contribution in [0.2, 0.25) is 0 Å². The van der Waals surface area contributed by atoms with Crippen LogP contribution < -0.4 is 4.90 Å². The normalized spacial score (nSPS) is 11.9. The van der Waals surface area contributed by atoms with Crippen molar-refractivity contribution in [3.05, 3.63) is 114 Å². The molecule has 0 radical (unpaired) electrons. The van der Waals surface area contributed by atoms with Crippen LogP contribution in [0.25, 0.3) is 22.7 Å². The molecule has 5 aromatic rings. The molecule has 0 saturated carbocycles. The third-order valence-electron chi connectivity index (χ3n) is 6.79. The van der Waals surface area contributed by atoms with Crippen LogP contribution in [-0.2, 0) is 16.0 Å². The van der Waals surface area contributed by atoms with E-state index in [-0.39, 0.29) is 0 Å². The number of hydrogen-bond acceptors (Lipinski definition) is 5. The van der Waals surface area contributed by atoms with Gasteiger partial charge < -0.3 is 9.47 Å². The fourth-order valence-corrected chi connectivity index (χ4v) is 5.12. The van der Waals surface area contributed by atoms with Crippen LogP contribution in [0.5, 0.6) is 0 Å². The number of para-hydroxylation sites is 1. The standard InChI is InChI=1S/C32H22N4O2/c37-21-33-23-9-13-25(14-10-23)35(26-15-11-24(12-16-26)34-22-38)27-17-19-28(20-18-27)36-31-7-3-1-5-29(31)30-6-2-4-8-32(30)36/h1,3-5,7-20H,2,6H2. The van der Waals surface area contributed by atoms with E-state index in [2.05, 4.69) is 80.1 Å². The lowest BCUT2D eigenvalue weighted by molar-refractivity contribution is 0.564. The molecule has 182 valence electrons. The third kappa shape index (κ3) is 4.16. The molecular formula is C32H22N4O2. The van der Waals surface area contributed by atoms with E-state index in [9.17, 15) is 9.59 Å². The summed E-state index contributed by atoms with van der Waals surface area (Å²) in [7, 11) is 0. The lowest BCUT2D eigenvalue weighted by atomic mass is 10.0. The number of carbonyl (C=O) groups excluding carboxylic acids is 2. The molecule has 0 N–H and O–H groups in total. The second-order valence-electron chi connectivity index (χ2n) is 8.95. The van der Waals surface area contributed by atoms with E-state index in [0.29, 0.717) is 11.4 Å². The largest absolute Gasteiger partial charge is 0.310 e. The monoisotopic (exact) mass is 494 g/mol. The Bertz CT molecular complexity index is 1690. The van der Waals surface area contributed by atoms with Crippen molar-refractivity contribution >= 4 is 57.6 Å². The molecule has 1 aliphatic carbocycles. The van der Waals surface area contributed by atoms with Gasteiger partial charge in [0, 0.05) is 33.8 Å². The molecule has 0 atom stereocenters. The van der Waals surface area contributed by atoms with Gasteiger partial charge in [-0.05, 0) is 103 Å². The maximum Gasteiger partial charge on any atom is 0.240 e. The fourth-order valence-electron chi connectivity index (χ4n) is 5.12. The van der Waals surface area contributed by atoms with Gasteiger partial charge in [-0.25, -0.2) is 9.59 Å². The van der Waals surface area contributed by atoms with Gasteiger partial charge >= 0.3 is 0 Å². The van der Waals surface area contributed by atoms with Gasteiger partial charge in [0.15, 0.2) is 0 Å². The minimum absolute atomic E-state index is 0.534. The highest BCUT2D eigenvalue weighted by molar-refractivity contribution is 5.91. The number of isocyanates is 2. The molecule has 1 aliphatic rings. The van der Waals surface area contributed by atoms with Crippen molar-refractivity contribution in [2.45, 2.75) is 12.8 Å². The number of hydrogen-bond donors (Lipinski definition) is 0. The van der Waals surface area contributed by atoms with Gasteiger partial charge in [0.2, 0.25) is 12.2 Å². The fraction of sp³-hybridized carbons (Fsp3) is 0.0625. The summed E-state index contributed by atoms with van der Waals surface area (Å²) < 4.78 is 2.33. The van der Waals surface area contributed by atoms with Crippen LogP contribution in [0.1, 0.15) is 17.7 Å². The molecule has 6 heteroatoms. The van der Waals surface area contributed by atoms with Gasteiger partial charge in [-0.3, -0.25) is 0 Å². The van der Waals surface area contributed by atoms with Crippen LogP contribution in [0.15, 0.2) is 113 Å². The maximum absolute atomic E-state index is 10.7. The number of aryl methyl sites for hydroxylation is 1. The number of aliphatic imine (C=N–C) groups is 2. The quantitative estimate of drug-likeness (QED) is 0.177. The Morgan fingerprint density at radius 1 is 0.684 bits per heavy atom. The molecule has 0 spiro atoms. The van der Waals surface area contributed by atoms with E-state index in [0.717, 1.165) is 35.6 Å². The van der Waals surface area contributed by atoms with E-state index in [1.165, 1.54) is 22.2 Å². The first-order valence-electron chi connectivity index (χ1n) is 12.3. The molecule has 1 aromatic heterocycles. The van der Waals surface area contributed by atoms with E-state index in [1.54, 1.807) is 36.4 Å². The number of rotatable bonds is 6. The molecule has 0 amide bonds. The summed E-state index contributed by atoms with van der Waals surface area (Å²) in [5, 5.41) is 1.30. The highest BCUT2D eigenvalue weighted by Crippen LogP contribution is 2.38. The summed E-state index contributed by atoms with van der Waals surface area (Å²) in [5.41, 5.74) is 8.72. The highest BCUT2D eigenvalue weighted by Gasteiger charge is 2.19. The topological polar surface area (TPSA) is 67.0 Å². The molecular weight excluding hydrogens is 472 g/mol. The Kier molecular flexibility index (Phi) is 6.09. The van der Waals surface area contributed by atoms with Crippen molar-refractivity contribution in [3.63, 3.8) is 0 Å². The maximum atomic E-state index is 10.7. The molecule has 0 unspecified atom stereocenters. The van der Waals surface area contributed by atoms with Crippen LogP contribution in [0.4, 0.5) is 28.4 Å². The summed E-state index contributed by atoms with van der Waals surface area (Å²) in [6, 6.07) is 31.7. The predicted octanol–water partition coefficient (Wildman–Crippen LogP) is 7.99. The lowest BCUT2D eigenvalue weighted by Crippen LogP contribution is -2.10. The first-order valence-corrected chi connectivity index (χ1v) is 12.3. The van der Waals surface area contributed by atoms with Gasteiger partial charge in [0.25, 0.3) is 0 Å². The van der Waals surface area contributed by atoms with Crippen molar-refractivity contribution in [2.75, 3.05) is 4.90 Å². The lowest BCUT2D eigenvalue weighted by Gasteiger charge is -2.26. The summed E-state index contributed by atoms with van der Waals surface area (Å²) in [6.45, 7) is 0. The molecule has 0 aliphatic heterocycles. The number of anilines is 3. The second kappa shape index (κ2) is 10.00. The van der Waals surface area contributed by atoms with Gasteiger partial charge in [-0.1, -0.05) is 24.3 Å². The van der Waals surface area contributed by atoms with Gasteiger partial charge in [-0.2, -0.15) is 9.98 Å². The van der Waals surface area contributed by atoms with Crippen LogP contribution in [-0.4, -0.2) is 16.7 Å². The molecule has 0 saturated heterocycles. The Labute approximate surface area is 219 Å². The Morgan fingerprint density at radius 3 is 1.82 bits per heavy atom. The summed E-state index contributed by atoms with van der Waals surface area (Å²) in [6.07, 6.45) is 9.73. The molecule has 1 heterocycles. The average molecular weight is 495 g/mol. The molecule has 0 bridgehead atoms. The average Bonchev–Trinajstić information content (AvgIpc) is 3.30. The van der Waals surface area contributed by atoms with Crippen molar-refractivity contribution in [2.24, 2.45) is 9.98 Å². The zero-order chi connectivity index (χ0) is 25.9. The number of nitrogens with zero attached hydrogens (tertiary/aromatic N) is 4. The molecule has 6 rings (SSSR count). The Hall–Kier alpha value is -5.28. The zero-order valence-corrected chi connectivity index (χ0v) is 20.4. The van der Waals surface area contributed by atoms with E-state index < -0.39 is 0 Å². The Morgan fingerprint density at radius 2 is 1.24 bits per heavy atom. The van der Waals surface area contributed by atoms with Crippen LogP contribution in [0.3, 0.4) is 0 Å². The molecule has 38 heavy (non-hydrogen) atoms. The van der Waals surface area contributed by atoms with Crippen LogP contribution in [0, 0.1) is 0 Å². The Balaban J connectivity index is 1.45. The SMILES string of the molecule is O=C=Nc1ccc(N(c2ccc(N=C=O)cc2)c2ccc(-n3c4c(c5ccccc53)CCC=C4)cc2)cc1. The summed E-state index contributed by atoms with van der Waals surface area (Å²) in [5.74, 6) is 0. The summed E-state index contributed by atoms with van der Waals surface area (Å²) in [4.78, 5) is 30.9. The minimum Gasteiger partial charge on any atom is -0.310 e. The van der Waals surface area contributed by atoms with E-state index in [4.69, 9.17) is 0 Å². The summed E-state index contributed by atoms with van der Waals surface area (Å²) >= 11 is 0. The molecule has 6 nitrogen and oxygen atoms in total. The number of benzene rings is 4. The highest BCUT2D eigenvalue weighted by atomic mass is 16.1. The predicted molar refractivity (Wildman–Crippen MR) is 151 cm³/mol. The number of aromatic nitrogens is 1. The zero-order valence-electron chi connectivity index (χ0n) is 20.4. The third-order valence-corrected chi connectivity index (χ3v) is 6.79. The van der Waals surface area contributed by atoms with Crippen molar-refractivity contribution in [1.82, 2.24) is 4.57 Å². The first-order chi connectivity index (χ1) is 18.8. The van der Waals surface area contributed by atoms with Crippen LogP contribution >= 0.6 is 0 Å². The van der Waals surface area contributed by atoms with E-state index >= 15 is 0 Å². The second-order valence-corrected chi connectivity index (χ2v) is 8.95. The number of allylic oxidation sites excluding steroid dienone is 1. The molecule has 4 aromatic carbocycles.